The number of anilines is 1. The molecule has 0 amide bonds. The molecule has 1 aliphatic heterocycles. The van der Waals surface area contributed by atoms with E-state index in [9.17, 15) is 25.9 Å². The summed E-state index contributed by atoms with van der Waals surface area (Å²) in [5.74, 6) is -0.517. The molecule has 0 spiro atoms. The summed E-state index contributed by atoms with van der Waals surface area (Å²) in [4.78, 5) is 2.74. The number of nitrogens with zero attached hydrogens (tertiary/aromatic N) is 1. The Labute approximate surface area is 300 Å². The molecule has 1 aliphatic rings. The van der Waals surface area contributed by atoms with Gasteiger partial charge in [0.15, 0.2) is 0 Å². The zero-order valence-electron chi connectivity index (χ0n) is 26.6. The Kier molecular flexibility index (Phi) is 9.51. The quantitative estimate of drug-likeness (QED) is 0.134. The molecule has 1 heterocycles. The van der Waals surface area contributed by atoms with Gasteiger partial charge in [0.2, 0.25) is 0 Å². The van der Waals surface area contributed by atoms with E-state index in [2.05, 4.69) is 0 Å². The van der Waals surface area contributed by atoms with E-state index in [0.29, 0.717) is 29.8 Å². The molecule has 7 nitrogen and oxygen atoms in total. The minimum atomic E-state index is -4.42. The second-order valence-corrected chi connectivity index (χ2v) is 16.6. The molecule has 0 saturated carbocycles. The van der Waals surface area contributed by atoms with Crippen LogP contribution in [0, 0.1) is 0 Å². The first-order valence-electron chi connectivity index (χ1n) is 15.9. The highest BCUT2D eigenvalue weighted by molar-refractivity contribution is 8.04. The molecule has 0 bridgehead atoms. The number of aryl methyl sites for hydroxylation is 2. The number of benzene rings is 6. The summed E-state index contributed by atoms with van der Waals surface area (Å²) in [5.41, 5.74) is 4.03. The molecule has 254 valence electrons. The highest BCUT2D eigenvalue weighted by Gasteiger charge is 2.34. The SMILES string of the molecule is O=S(=O)(O)CC(Cc1cccc2ccccc12)N1C(=Cc2ccc3ccccc3c2CCc2ccccc2S(=O)(=O)O)Sc2ccc(Cl)cc21. The maximum Gasteiger partial charge on any atom is 0.294 e. The minimum absolute atomic E-state index is 0.119. The number of halogens is 1. The van der Waals surface area contributed by atoms with Crippen LogP contribution in [0.2, 0.25) is 5.02 Å². The Morgan fingerprint density at radius 3 is 2.14 bits per heavy atom. The number of rotatable bonds is 10. The van der Waals surface area contributed by atoms with Crippen LogP contribution in [-0.4, -0.2) is 37.7 Å². The number of hydrogen-bond acceptors (Lipinski definition) is 6. The van der Waals surface area contributed by atoms with Crippen molar-refractivity contribution in [2.45, 2.75) is 35.1 Å². The molecule has 0 saturated heterocycles. The maximum absolute atomic E-state index is 12.6. The third kappa shape index (κ3) is 7.32. The smallest absolute Gasteiger partial charge is 0.294 e. The van der Waals surface area contributed by atoms with Crippen LogP contribution in [0.15, 0.2) is 136 Å². The van der Waals surface area contributed by atoms with Gasteiger partial charge in [-0.2, -0.15) is 16.8 Å². The normalized spacial score (nSPS) is 14.8. The first kappa shape index (κ1) is 34.3. The van der Waals surface area contributed by atoms with E-state index in [-0.39, 0.29) is 4.90 Å². The van der Waals surface area contributed by atoms with Crippen LogP contribution in [0.3, 0.4) is 0 Å². The average molecular weight is 742 g/mol. The summed E-state index contributed by atoms with van der Waals surface area (Å²) in [6.45, 7) is 0. The molecule has 1 atom stereocenters. The molecule has 1 unspecified atom stereocenters. The highest BCUT2D eigenvalue weighted by Crippen LogP contribution is 2.49. The zero-order valence-corrected chi connectivity index (χ0v) is 29.8. The lowest BCUT2D eigenvalue weighted by atomic mass is 9.93. The zero-order chi connectivity index (χ0) is 35.0. The summed E-state index contributed by atoms with van der Waals surface area (Å²) in [6.07, 6.45) is 3.15. The van der Waals surface area contributed by atoms with Gasteiger partial charge in [-0.3, -0.25) is 9.11 Å². The highest BCUT2D eigenvalue weighted by atomic mass is 35.5. The van der Waals surface area contributed by atoms with Crippen molar-refractivity contribution in [3.8, 4) is 0 Å². The fourth-order valence-corrected chi connectivity index (χ4v) is 9.66. The molecular weight excluding hydrogens is 710 g/mol. The summed E-state index contributed by atoms with van der Waals surface area (Å²) in [7, 11) is -8.83. The second-order valence-electron chi connectivity index (χ2n) is 12.2. The summed E-state index contributed by atoms with van der Waals surface area (Å²) in [6, 6.07) is 37.1. The van der Waals surface area contributed by atoms with Gasteiger partial charge in [0.25, 0.3) is 20.2 Å². The van der Waals surface area contributed by atoms with E-state index in [4.69, 9.17) is 11.6 Å². The van der Waals surface area contributed by atoms with Gasteiger partial charge in [0, 0.05) is 9.92 Å². The van der Waals surface area contributed by atoms with Crippen LogP contribution >= 0.6 is 23.4 Å². The Morgan fingerprint density at radius 1 is 0.720 bits per heavy atom. The van der Waals surface area contributed by atoms with Gasteiger partial charge in [0.05, 0.1) is 27.4 Å². The summed E-state index contributed by atoms with van der Waals surface area (Å²) < 4.78 is 69.8. The Morgan fingerprint density at radius 2 is 1.38 bits per heavy atom. The first-order chi connectivity index (χ1) is 23.9. The van der Waals surface area contributed by atoms with Crippen LogP contribution in [0.1, 0.15) is 22.3 Å². The maximum atomic E-state index is 12.6. The number of thioether (sulfide) groups is 1. The predicted molar refractivity (Wildman–Crippen MR) is 203 cm³/mol. The van der Waals surface area contributed by atoms with Gasteiger partial charge in [-0.05, 0) is 93.4 Å². The van der Waals surface area contributed by atoms with Crippen LogP contribution in [0.4, 0.5) is 5.69 Å². The summed E-state index contributed by atoms with van der Waals surface area (Å²) >= 11 is 8.01. The Balaban J connectivity index is 1.36. The van der Waals surface area contributed by atoms with Gasteiger partial charge in [-0.25, -0.2) is 0 Å². The van der Waals surface area contributed by atoms with Gasteiger partial charge in [-0.1, -0.05) is 120 Å². The molecule has 2 N–H and O–H groups in total. The molecule has 0 aliphatic carbocycles. The van der Waals surface area contributed by atoms with Crippen molar-refractivity contribution in [1.82, 2.24) is 0 Å². The van der Waals surface area contributed by atoms with E-state index in [1.54, 1.807) is 24.3 Å². The summed E-state index contributed by atoms with van der Waals surface area (Å²) in [5, 5.41) is 5.29. The monoisotopic (exact) mass is 741 g/mol. The fourth-order valence-electron chi connectivity index (χ4n) is 6.84. The molecule has 0 aromatic heterocycles. The van der Waals surface area contributed by atoms with Crippen molar-refractivity contribution in [3.63, 3.8) is 0 Å². The molecule has 7 rings (SSSR count). The lowest BCUT2D eigenvalue weighted by molar-refractivity contribution is 0.474. The van der Waals surface area contributed by atoms with Crippen molar-refractivity contribution in [2.24, 2.45) is 0 Å². The molecule has 6 aromatic carbocycles. The lowest BCUT2D eigenvalue weighted by Gasteiger charge is -2.31. The molecule has 0 fully saturated rings. The predicted octanol–water partition coefficient (Wildman–Crippen LogP) is 9.09. The topological polar surface area (TPSA) is 112 Å². The first-order valence-corrected chi connectivity index (χ1v) is 20.2. The van der Waals surface area contributed by atoms with Crippen molar-refractivity contribution in [3.05, 3.63) is 154 Å². The van der Waals surface area contributed by atoms with E-state index >= 15 is 0 Å². The van der Waals surface area contributed by atoms with Gasteiger partial charge in [0.1, 0.15) is 0 Å². The molecular formula is C39H32ClNO6S3. The van der Waals surface area contributed by atoms with Crippen LogP contribution < -0.4 is 4.90 Å². The van der Waals surface area contributed by atoms with E-state index in [0.717, 1.165) is 53.8 Å². The largest absolute Gasteiger partial charge is 0.330 e. The van der Waals surface area contributed by atoms with Crippen LogP contribution in [0.5, 0.6) is 0 Å². The fraction of sp³-hybridized carbons (Fsp3) is 0.128. The van der Waals surface area contributed by atoms with Crippen molar-refractivity contribution in [2.75, 3.05) is 10.7 Å². The average Bonchev–Trinajstić information content (AvgIpc) is 3.43. The third-order valence-corrected chi connectivity index (χ3v) is 12.1. The van der Waals surface area contributed by atoms with E-state index < -0.39 is 32.0 Å². The molecule has 0 radical (unpaired) electrons. The molecule has 11 heteroatoms. The number of fused-ring (bicyclic) bond motifs is 3. The van der Waals surface area contributed by atoms with Crippen LogP contribution in [-0.2, 0) is 39.5 Å². The van der Waals surface area contributed by atoms with Gasteiger partial charge < -0.3 is 4.90 Å². The second kappa shape index (κ2) is 13.9. The van der Waals surface area contributed by atoms with E-state index in [1.807, 2.05) is 102 Å². The standard InChI is InChI=1S/C39H32ClNO6S3/c40-31-19-21-37-36(24-31)41(32(25-49(42,43)44)22-29-12-7-11-26-8-1-4-13-33(26)29)39(48-37)23-30-17-16-27-9-2-5-14-34(27)35(30)20-18-28-10-3-6-15-38(28)50(45,46)47/h1-17,19,21,23-24,32H,18,20,22,25H2,(H,42,43,44)(H,45,46,47). The lowest BCUT2D eigenvalue weighted by Crippen LogP contribution is -2.39. The van der Waals surface area contributed by atoms with Crippen molar-refractivity contribution < 1.29 is 25.9 Å². The van der Waals surface area contributed by atoms with Gasteiger partial charge in [-0.15, -0.1) is 0 Å². The van der Waals surface area contributed by atoms with E-state index in [1.165, 1.54) is 17.8 Å². The molecule has 50 heavy (non-hydrogen) atoms. The van der Waals surface area contributed by atoms with Crippen molar-refractivity contribution >= 4 is 76.9 Å². The Hall–Kier alpha value is -4.16. The third-order valence-electron chi connectivity index (χ3n) is 8.99. The Bertz CT molecular complexity index is 2510. The van der Waals surface area contributed by atoms with Crippen molar-refractivity contribution in [1.29, 1.82) is 0 Å². The molecule has 6 aromatic rings. The van der Waals surface area contributed by atoms with Crippen LogP contribution in [0.25, 0.3) is 27.6 Å². The number of hydrogen-bond donors (Lipinski definition) is 2. The minimum Gasteiger partial charge on any atom is -0.330 e. The van der Waals surface area contributed by atoms with Gasteiger partial charge >= 0.3 is 0 Å².